The van der Waals surface area contributed by atoms with Crippen molar-refractivity contribution in [2.75, 3.05) is 5.32 Å². The van der Waals surface area contributed by atoms with Gasteiger partial charge >= 0.3 is 0 Å². The van der Waals surface area contributed by atoms with Crippen LogP contribution in [0.5, 0.6) is 0 Å². The number of carbonyl (C=O) groups is 1. The monoisotopic (exact) mass is 340 g/mol. The third kappa shape index (κ3) is 2.81. The summed E-state index contributed by atoms with van der Waals surface area (Å²) < 4.78 is 0.926. The van der Waals surface area contributed by atoms with Gasteiger partial charge in [-0.1, -0.05) is 28.1 Å². The van der Waals surface area contributed by atoms with Gasteiger partial charge in [-0.3, -0.25) is 9.78 Å². The van der Waals surface area contributed by atoms with Crippen LogP contribution >= 0.6 is 15.9 Å². The molecule has 0 aliphatic carbocycles. The fraction of sp³-hybridized carbons (Fsp3) is 0.0588. The minimum absolute atomic E-state index is 0.132. The number of halogens is 1. The number of pyridine rings is 1. The van der Waals surface area contributed by atoms with Gasteiger partial charge in [-0.2, -0.15) is 0 Å². The molecule has 0 bridgehead atoms. The third-order valence-corrected chi connectivity index (χ3v) is 4.18. The summed E-state index contributed by atoms with van der Waals surface area (Å²) in [6.45, 7) is 1.99. The van der Waals surface area contributed by atoms with Gasteiger partial charge in [-0.05, 0) is 48.9 Å². The number of aryl methyl sites for hydroxylation is 1. The van der Waals surface area contributed by atoms with Crippen molar-refractivity contribution in [3.63, 3.8) is 0 Å². The topological polar surface area (TPSA) is 42.0 Å². The number of nitrogens with one attached hydrogen (secondary N) is 1. The SMILES string of the molecule is Cc1ccc(C(=O)Nc2cccc3ncccc23)cc1Br. The first-order valence-corrected chi connectivity index (χ1v) is 7.36. The first-order valence-electron chi connectivity index (χ1n) is 6.56. The maximum atomic E-state index is 12.4. The number of aromatic nitrogens is 1. The van der Waals surface area contributed by atoms with E-state index >= 15 is 0 Å². The van der Waals surface area contributed by atoms with Crippen molar-refractivity contribution >= 4 is 38.4 Å². The van der Waals surface area contributed by atoms with Crippen LogP contribution in [0.1, 0.15) is 15.9 Å². The maximum absolute atomic E-state index is 12.4. The number of amides is 1. The highest BCUT2D eigenvalue weighted by molar-refractivity contribution is 9.10. The molecule has 3 aromatic rings. The van der Waals surface area contributed by atoms with E-state index in [0.717, 1.165) is 26.6 Å². The molecule has 3 nitrogen and oxygen atoms in total. The number of carbonyl (C=O) groups excluding carboxylic acids is 1. The second-order valence-electron chi connectivity index (χ2n) is 4.79. The van der Waals surface area contributed by atoms with Gasteiger partial charge in [0, 0.05) is 21.6 Å². The average Bonchev–Trinajstić information content (AvgIpc) is 2.50. The van der Waals surface area contributed by atoms with E-state index < -0.39 is 0 Å². The Labute approximate surface area is 131 Å². The summed E-state index contributed by atoms with van der Waals surface area (Å²) in [6.07, 6.45) is 1.74. The minimum atomic E-state index is -0.132. The fourth-order valence-corrected chi connectivity index (χ4v) is 2.52. The lowest BCUT2D eigenvalue weighted by molar-refractivity contribution is 0.102. The van der Waals surface area contributed by atoms with Crippen LogP contribution in [-0.4, -0.2) is 10.9 Å². The summed E-state index contributed by atoms with van der Waals surface area (Å²) in [5.41, 5.74) is 3.34. The molecular weight excluding hydrogens is 328 g/mol. The Morgan fingerprint density at radius 3 is 2.81 bits per heavy atom. The van der Waals surface area contributed by atoms with Crippen molar-refractivity contribution in [1.29, 1.82) is 0 Å². The van der Waals surface area contributed by atoms with Crippen LogP contribution in [0, 0.1) is 6.92 Å². The predicted octanol–water partition coefficient (Wildman–Crippen LogP) is 4.56. The van der Waals surface area contributed by atoms with E-state index in [2.05, 4.69) is 26.2 Å². The zero-order valence-corrected chi connectivity index (χ0v) is 13.0. The van der Waals surface area contributed by atoms with E-state index in [1.165, 1.54) is 0 Å². The van der Waals surface area contributed by atoms with Crippen molar-refractivity contribution < 1.29 is 4.79 Å². The first-order chi connectivity index (χ1) is 10.1. The molecule has 1 heterocycles. The second kappa shape index (κ2) is 5.66. The van der Waals surface area contributed by atoms with Gasteiger partial charge in [0.05, 0.1) is 11.2 Å². The van der Waals surface area contributed by atoms with Crippen molar-refractivity contribution in [1.82, 2.24) is 4.98 Å². The second-order valence-corrected chi connectivity index (χ2v) is 5.65. The Balaban J connectivity index is 1.94. The standard InChI is InChI=1S/C17H13BrN2O/c1-11-7-8-12(10-14(11)18)17(21)20-16-6-2-5-15-13(16)4-3-9-19-15/h2-10H,1H3,(H,20,21). The van der Waals surface area contributed by atoms with Gasteiger partial charge < -0.3 is 5.32 Å². The number of anilines is 1. The zero-order chi connectivity index (χ0) is 14.8. The van der Waals surface area contributed by atoms with Gasteiger partial charge in [0.2, 0.25) is 0 Å². The summed E-state index contributed by atoms with van der Waals surface area (Å²) >= 11 is 3.45. The van der Waals surface area contributed by atoms with E-state index in [1.807, 2.05) is 55.5 Å². The predicted molar refractivity (Wildman–Crippen MR) is 88.6 cm³/mol. The summed E-state index contributed by atoms with van der Waals surface area (Å²) in [5, 5.41) is 3.88. The molecule has 0 radical (unpaired) electrons. The summed E-state index contributed by atoms with van der Waals surface area (Å²) in [4.78, 5) is 16.7. The third-order valence-electron chi connectivity index (χ3n) is 3.33. The van der Waals surface area contributed by atoms with Crippen molar-refractivity contribution in [3.05, 3.63) is 70.3 Å². The molecule has 0 saturated carbocycles. The van der Waals surface area contributed by atoms with E-state index in [-0.39, 0.29) is 5.91 Å². The highest BCUT2D eigenvalue weighted by Crippen LogP contribution is 2.23. The lowest BCUT2D eigenvalue weighted by atomic mass is 10.1. The molecular formula is C17H13BrN2O. The molecule has 1 aromatic heterocycles. The molecule has 0 spiro atoms. The quantitative estimate of drug-likeness (QED) is 0.743. The molecule has 0 aliphatic heterocycles. The van der Waals surface area contributed by atoms with E-state index in [0.29, 0.717) is 5.56 Å². The van der Waals surface area contributed by atoms with Crippen molar-refractivity contribution in [2.45, 2.75) is 6.92 Å². The zero-order valence-electron chi connectivity index (χ0n) is 11.4. The number of rotatable bonds is 2. The Bertz CT molecular complexity index is 825. The molecule has 3 rings (SSSR count). The largest absolute Gasteiger partial charge is 0.321 e. The fourth-order valence-electron chi connectivity index (χ4n) is 2.14. The van der Waals surface area contributed by atoms with Crippen LogP contribution in [-0.2, 0) is 0 Å². The highest BCUT2D eigenvalue weighted by Gasteiger charge is 2.09. The summed E-state index contributed by atoms with van der Waals surface area (Å²) in [5.74, 6) is -0.132. The van der Waals surface area contributed by atoms with Crippen LogP contribution in [0.15, 0.2) is 59.2 Å². The van der Waals surface area contributed by atoms with Crippen molar-refractivity contribution in [3.8, 4) is 0 Å². The Hall–Kier alpha value is -2.20. The molecule has 0 aliphatic rings. The van der Waals surface area contributed by atoms with Gasteiger partial charge in [0.25, 0.3) is 5.91 Å². The molecule has 0 atom stereocenters. The van der Waals surface area contributed by atoms with Crippen molar-refractivity contribution in [2.24, 2.45) is 0 Å². The highest BCUT2D eigenvalue weighted by atomic mass is 79.9. The van der Waals surface area contributed by atoms with Crippen LogP contribution in [0.3, 0.4) is 0 Å². The van der Waals surface area contributed by atoms with Crippen LogP contribution < -0.4 is 5.32 Å². The van der Waals surface area contributed by atoms with Crippen LogP contribution in [0.25, 0.3) is 10.9 Å². The molecule has 21 heavy (non-hydrogen) atoms. The lowest BCUT2D eigenvalue weighted by Crippen LogP contribution is -2.12. The number of nitrogens with zero attached hydrogens (tertiary/aromatic N) is 1. The summed E-state index contributed by atoms with van der Waals surface area (Å²) in [7, 11) is 0. The minimum Gasteiger partial charge on any atom is -0.321 e. The Kier molecular flexibility index (Phi) is 3.71. The molecule has 4 heteroatoms. The molecule has 0 fully saturated rings. The number of hydrogen-bond donors (Lipinski definition) is 1. The van der Waals surface area contributed by atoms with E-state index in [1.54, 1.807) is 6.20 Å². The molecule has 2 aromatic carbocycles. The van der Waals surface area contributed by atoms with E-state index in [9.17, 15) is 4.79 Å². The first kappa shape index (κ1) is 13.8. The van der Waals surface area contributed by atoms with Crippen LogP contribution in [0.2, 0.25) is 0 Å². The average molecular weight is 341 g/mol. The normalized spacial score (nSPS) is 10.6. The molecule has 1 N–H and O–H groups in total. The number of fused-ring (bicyclic) bond motifs is 1. The van der Waals surface area contributed by atoms with Gasteiger partial charge in [0.15, 0.2) is 0 Å². The van der Waals surface area contributed by atoms with Gasteiger partial charge in [-0.15, -0.1) is 0 Å². The molecule has 0 unspecified atom stereocenters. The lowest BCUT2D eigenvalue weighted by Gasteiger charge is -2.09. The molecule has 104 valence electrons. The summed E-state index contributed by atoms with van der Waals surface area (Å²) in [6, 6.07) is 15.1. The Morgan fingerprint density at radius 1 is 1.14 bits per heavy atom. The smallest absolute Gasteiger partial charge is 0.255 e. The number of hydrogen-bond acceptors (Lipinski definition) is 2. The molecule has 1 amide bonds. The van der Waals surface area contributed by atoms with Crippen LogP contribution in [0.4, 0.5) is 5.69 Å². The molecule has 0 saturated heterocycles. The van der Waals surface area contributed by atoms with Gasteiger partial charge in [-0.25, -0.2) is 0 Å². The van der Waals surface area contributed by atoms with E-state index in [4.69, 9.17) is 0 Å². The number of benzene rings is 2. The van der Waals surface area contributed by atoms with Gasteiger partial charge in [0.1, 0.15) is 0 Å². The maximum Gasteiger partial charge on any atom is 0.255 e. The Morgan fingerprint density at radius 2 is 2.00 bits per heavy atom.